The van der Waals surface area contributed by atoms with Crippen LogP contribution < -0.4 is 10.1 Å². The molecular formula is C22H23N3O. The second-order valence-corrected chi connectivity index (χ2v) is 6.64. The molecule has 2 aromatic carbocycles. The monoisotopic (exact) mass is 345 g/mol. The number of ether oxygens (including phenoxy) is 1. The van der Waals surface area contributed by atoms with Crippen molar-refractivity contribution in [2.24, 2.45) is 5.92 Å². The minimum atomic E-state index is 0.590. The third-order valence-corrected chi connectivity index (χ3v) is 4.77. The maximum absolute atomic E-state index is 6.00. The first kappa shape index (κ1) is 16.7. The highest BCUT2D eigenvalue weighted by molar-refractivity contribution is 5.77. The van der Waals surface area contributed by atoms with Crippen LogP contribution in [0.2, 0.25) is 0 Å². The van der Waals surface area contributed by atoms with Crippen LogP contribution >= 0.6 is 0 Å². The number of aromatic nitrogens is 2. The van der Waals surface area contributed by atoms with Crippen molar-refractivity contribution >= 4 is 0 Å². The van der Waals surface area contributed by atoms with Crippen LogP contribution in [0.1, 0.15) is 12.8 Å². The highest BCUT2D eigenvalue weighted by Crippen LogP contribution is 2.30. The van der Waals surface area contributed by atoms with E-state index in [2.05, 4.69) is 34.6 Å². The Balaban J connectivity index is 1.63. The fourth-order valence-electron chi connectivity index (χ4n) is 3.30. The molecule has 2 heterocycles. The van der Waals surface area contributed by atoms with Crippen molar-refractivity contribution in [3.63, 3.8) is 0 Å². The van der Waals surface area contributed by atoms with Crippen LogP contribution in [0.15, 0.2) is 66.9 Å². The van der Waals surface area contributed by atoms with E-state index in [1.54, 1.807) is 6.20 Å². The molecule has 0 saturated carbocycles. The Kier molecular flexibility index (Phi) is 5.22. The van der Waals surface area contributed by atoms with Crippen LogP contribution in [0, 0.1) is 5.92 Å². The Labute approximate surface area is 154 Å². The second kappa shape index (κ2) is 8.11. The van der Waals surface area contributed by atoms with Gasteiger partial charge in [0.15, 0.2) is 0 Å². The van der Waals surface area contributed by atoms with Crippen LogP contribution in [0.3, 0.4) is 0 Å². The lowest BCUT2D eigenvalue weighted by atomic mass is 9.99. The number of nitrogens with one attached hydrogen (secondary N) is 1. The standard InChI is InChI=1S/C22H23N3O/c1-3-7-18(8-4-1)21-22(19-9-5-2-6-10-19)25-20(15-24-21)26-16-17-11-13-23-14-12-17/h1-10,15,17,23H,11-14,16H2. The number of nitrogens with zero attached hydrogens (tertiary/aromatic N) is 2. The zero-order chi connectivity index (χ0) is 17.6. The van der Waals surface area contributed by atoms with Crippen molar-refractivity contribution in [3.8, 4) is 28.4 Å². The number of piperidine rings is 1. The fourth-order valence-corrected chi connectivity index (χ4v) is 3.30. The molecule has 1 aliphatic rings. The van der Waals surface area contributed by atoms with Crippen molar-refractivity contribution in [2.45, 2.75) is 12.8 Å². The van der Waals surface area contributed by atoms with Crippen molar-refractivity contribution in [1.82, 2.24) is 15.3 Å². The molecule has 0 radical (unpaired) electrons. The van der Waals surface area contributed by atoms with Gasteiger partial charge in [0.25, 0.3) is 0 Å². The average molecular weight is 345 g/mol. The van der Waals surface area contributed by atoms with Gasteiger partial charge in [0.2, 0.25) is 5.88 Å². The van der Waals surface area contributed by atoms with Gasteiger partial charge in [-0.05, 0) is 31.8 Å². The molecule has 26 heavy (non-hydrogen) atoms. The number of hydrogen-bond donors (Lipinski definition) is 1. The lowest BCUT2D eigenvalue weighted by molar-refractivity contribution is 0.208. The topological polar surface area (TPSA) is 47.0 Å². The summed E-state index contributed by atoms with van der Waals surface area (Å²) in [5.74, 6) is 1.19. The number of benzene rings is 2. The largest absolute Gasteiger partial charge is 0.476 e. The molecule has 3 aromatic rings. The molecule has 132 valence electrons. The highest BCUT2D eigenvalue weighted by Gasteiger charge is 2.16. The Morgan fingerprint density at radius 2 is 1.46 bits per heavy atom. The molecular weight excluding hydrogens is 322 g/mol. The lowest BCUT2D eigenvalue weighted by Gasteiger charge is -2.22. The van der Waals surface area contributed by atoms with Crippen LogP contribution in [-0.2, 0) is 0 Å². The Morgan fingerprint density at radius 1 is 0.846 bits per heavy atom. The van der Waals surface area contributed by atoms with Crippen molar-refractivity contribution in [2.75, 3.05) is 19.7 Å². The molecule has 0 atom stereocenters. The Bertz CT molecular complexity index is 831. The summed E-state index contributed by atoms with van der Waals surface area (Å²) in [6.07, 6.45) is 4.05. The molecule has 1 aromatic heterocycles. The maximum Gasteiger partial charge on any atom is 0.232 e. The van der Waals surface area contributed by atoms with Gasteiger partial charge in [0.1, 0.15) is 5.69 Å². The van der Waals surface area contributed by atoms with E-state index >= 15 is 0 Å². The van der Waals surface area contributed by atoms with Crippen molar-refractivity contribution in [3.05, 3.63) is 66.9 Å². The first-order chi connectivity index (χ1) is 12.9. The minimum Gasteiger partial charge on any atom is -0.476 e. The first-order valence-corrected chi connectivity index (χ1v) is 9.21. The summed E-state index contributed by atoms with van der Waals surface area (Å²) in [5.41, 5.74) is 3.85. The minimum absolute atomic E-state index is 0.590. The molecule has 0 aliphatic carbocycles. The Morgan fingerprint density at radius 3 is 2.12 bits per heavy atom. The smallest absolute Gasteiger partial charge is 0.232 e. The van der Waals surface area contributed by atoms with Crippen LogP contribution in [0.25, 0.3) is 22.5 Å². The van der Waals surface area contributed by atoms with Crippen LogP contribution in [0.5, 0.6) is 5.88 Å². The lowest BCUT2D eigenvalue weighted by Crippen LogP contribution is -2.30. The van der Waals surface area contributed by atoms with Gasteiger partial charge in [-0.15, -0.1) is 0 Å². The molecule has 0 bridgehead atoms. The van der Waals surface area contributed by atoms with Gasteiger partial charge in [0.05, 0.1) is 18.5 Å². The summed E-state index contributed by atoms with van der Waals surface area (Å²) in [6, 6.07) is 20.4. The van der Waals surface area contributed by atoms with Gasteiger partial charge in [-0.3, -0.25) is 0 Å². The normalized spacial score (nSPS) is 14.9. The van der Waals surface area contributed by atoms with Gasteiger partial charge < -0.3 is 10.1 Å². The molecule has 0 amide bonds. The summed E-state index contributed by atoms with van der Waals surface area (Å²) in [5, 5.41) is 3.39. The third kappa shape index (κ3) is 3.92. The Hall–Kier alpha value is -2.72. The fraction of sp³-hybridized carbons (Fsp3) is 0.273. The van der Waals surface area contributed by atoms with Gasteiger partial charge in [-0.25, -0.2) is 9.97 Å². The van der Waals surface area contributed by atoms with Crippen molar-refractivity contribution in [1.29, 1.82) is 0 Å². The molecule has 1 saturated heterocycles. The summed E-state index contributed by atoms with van der Waals surface area (Å²) in [6.45, 7) is 2.85. The molecule has 1 aliphatic heterocycles. The summed E-state index contributed by atoms with van der Waals surface area (Å²) < 4.78 is 6.00. The molecule has 0 spiro atoms. The quantitative estimate of drug-likeness (QED) is 0.753. The van der Waals surface area contributed by atoms with Crippen LogP contribution in [0.4, 0.5) is 0 Å². The average Bonchev–Trinajstić information content (AvgIpc) is 2.74. The summed E-state index contributed by atoms with van der Waals surface area (Å²) >= 11 is 0. The maximum atomic E-state index is 6.00. The van der Waals surface area contributed by atoms with Gasteiger partial charge >= 0.3 is 0 Å². The van der Waals surface area contributed by atoms with E-state index in [1.807, 2.05) is 36.4 Å². The van der Waals surface area contributed by atoms with E-state index in [-0.39, 0.29) is 0 Å². The van der Waals surface area contributed by atoms with E-state index in [1.165, 1.54) is 0 Å². The van der Waals surface area contributed by atoms with E-state index in [9.17, 15) is 0 Å². The third-order valence-electron chi connectivity index (χ3n) is 4.77. The highest BCUT2D eigenvalue weighted by atomic mass is 16.5. The summed E-state index contributed by atoms with van der Waals surface area (Å²) in [7, 11) is 0. The predicted octanol–water partition coefficient (Wildman–Crippen LogP) is 4.19. The van der Waals surface area contributed by atoms with E-state index < -0.39 is 0 Å². The zero-order valence-electron chi connectivity index (χ0n) is 14.8. The molecule has 1 fully saturated rings. The van der Waals surface area contributed by atoms with E-state index in [0.717, 1.165) is 48.4 Å². The molecule has 4 nitrogen and oxygen atoms in total. The van der Waals surface area contributed by atoms with E-state index in [0.29, 0.717) is 18.4 Å². The molecule has 0 unspecified atom stereocenters. The first-order valence-electron chi connectivity index (χ1n) is 9.21. The molecule has 4 heteroatoms. The SMILES string of the molecule is c1ccc(-c2ncc(OCC3CCNCC3)nc2-c2ccccc2)cc1. The van der Waals surface area contributed by atoms with Crippen molar-refractivity contribution < 1.29 is 4.74 Å². The second-order valence-electron chi connectivity index (χ2n) is 6.64. The van der Waals surface area contributed by atoms with Gasteiger partial charge in [0, 0.05) is 11.1 Å². The van der Waals surface area contributed by atoms with E-state index in [4.69, 9.17) is 9.72 Å². The molecule has 4 rings (SSSR count). The summed E-state index contributed by atoms with van der Waals surface area (Å²) in [4.78, 5) is 9.49. The number of hydrogen-bond acceptors (Lipinski definition) is 4. The van der Waals surface area contributed by atoms with Gasteiger partial charge in [-0.1, -0.05) is 60.7 Å². The van der Waals surface area contributed by atoms with Crippen LogP contribution in [-0.4, -0.2) is 29.7 Å². The molecule has 1 N–H and O–H groups in total. The number of rotatable bonds is 5. The zero-order valence-corrected chi connectivity index (χ0v) is 14.8. The van der Waals surface area contributed by atoms with Gasteiger partial charge in [-0.2, -0.15) is 0 Å². The predicted molar refractivity (Wildman–Crippen MR) is 104 cm³/mol.